The van der Waals surface area contributed by atoms with Crippen LogP contribution in [0, 0.1) is 6.92 Å². The van der Waals surface area contributed by atoms with Crippen LogP contribution in [0.4, 0.5) is 5.69 Å². The van der Waals surface area contributed by atoms with Gasteiger partial charge in [0.05, 0.1) is 16.5 Å². The molecule has 1 saturated carbocycles. The second kappa shape index (κ2) is 5.21. The average Bonchev–Trinajstić information content (AvgIpc) is 2.85. The normalized spacial score (nSPS) is 16.5. The molecule has 2 rings (SSSR count). The van der Waals surface area contributed by atoms with Gasteiger partial charge in [-0.05, 0) is 43.5 Å². The standard InChI is InChI=1S/C13H17NO4S/c1-9-8-10(13(15)16)6-7-12(9)14-19(17,18)11-4-2-3-5-11/h6-8,11,14H,2-5H2,1H3,(H,15,16). The number of aryl methyl sites for hydroxylation is 1. The lowest BCUT2D eigenvalue weighted by Crippen LogP contribution is -2.25. The number of carbonyl (C=O) groups is 1. The Morgan fingerprint density at radius 1 is 1.32 bits per heavy atom. The maximum absolute atomic E-state index is 12.1. The molecule has 19 heavy (non-hydrogen) atoms. The average molecular weight is 283 g/mol. The molecule has 1 aromatic rings. The molecule has 0 saturated heterocycles. The van der Waals surface area contributed by atoms with Crippen LogP contribution in [-0.2, 0) is 10.0 Å². The Labute approximate surface area is 112 Å². The first kappa shape index (κ1) is 13.9. The molecular formula is C13H17NO4S. The number of carboxylic acids is 1. The number of hydrogen-bond donors (Lipinski definition) is 2. The molecular weight excluding hydrogens is 266 g/mol. The van der Waals surface area contributed by atoms with Gasteiger partial charge in [-0.1, -0.05) is 12.8 Å². The Hall–Kier alpha value is -1.56. The van der Waals surface area contributed by atoms with Gasteiger partial charge in [-0.25, -0.2) is 13.2 Å². The molecule has 0 atom stereocenters. The molecule has 0 radical (unpaired) electrons. The first-order valence-electron chi connectivity index (χ1n) is 6.26. The van der Waals surface area contributed by atoms with E-state index in [1.807, 2.05) is 0 Å². The van der Waals surface area contributed by atoms with Crippen molar-refractivity contribution < 1.29 is 18.3 Å². The van der Waals surface area contributed by atoms with Crippen LogP contribution in [0.1, 0.15) is 41.6 Å². The lowest BCUT2D eigenvalue weighted by atomic mass is 10.1. The molecule has 0 spiro atoms. The van der Waals surface area contributed by atoms with Crippen LogP contribution in [-0.4, -0.2) is 24.7 Å². The number of anilines is 1. The molecule has 1 aromatic carbocycles. The molecule has 1 aliphatic rings. The zero-order chi connectivity index (χ0) is 14.0. The SMILES string of the molecule is Cc1cc(C(=O)O)ccc1NS(=O)(=O)C1CCCC1. The van der Waals surface area contributed by atoms with Crippen LogP contribution >= 0.6 is 0 Å². The molecule has 5 nitrogen and oxygen atoms in total. The van der Waals surface area contributed by atoms with Gasteiger partial charge in [0.2, 0.25) is 10.0 Å². The van der Waals surface area contributed by atoms with Crippen LogP contribution in [0.2, 0.25) is 0 Å². The summed E-state index contributed by atoms with van der Waals surface area (Å²) >= 11 is 0. The third-order valence-electron chi connectivity index (χ3n) is 3.47. The summed E-state index contributed by atoms with van der Waals surface area (Å²) in [5, 5.41) is 8.54. The van der Waals surface area contributed by atoms with Crippen molar-refractivity contribution in [2.75, 3.05) is 4.72 Å². The highest BCUT2D eigenvalue weighted by Gasteiger charge is 2.28. The molecule has 0 heterocycles. The van der Waals surface area contributed by atoms with Crippen molar-refractivity contribution in [1.29, 1.82) is 0 Å². The monoisotopic (exact) mass is 283 g/mol. The number of carboxylic acid groups (broad SMARTS) is 1. The van der Waals surface area contributed by atoms with Gasteiger partial charge in [0.15, 0.2) is 0 Å². The fourth-order valence-electron chi connectivity index (χ4n) is 2.35. The number of sulfonamides is 1. The van der Waals surface area contributed by atoms with Crippen molar-refractivity contribution >= 4 is 21.7 Å². The van der Waals surface area contributed by atoms with E-state index in [0.717, 1.165) is 12.8 Å². The summed E-state index contributed by atoms with van der Waals surface area (Å²) in [5.74, 6) is -1.02. The van der Waals surface area contributed by atoms with Crippen molar-refractivity contribution in [3.8, 4) is 0 Å². The highest BCUT2D eigenvalue weighted by atomic mass is 32.2. The van der Waals surface area contributed by atoms with E-state index in [2.05, 4.69) is 4.72 Å². The third kappa shape index (κ3) is 3.07. The lowest BCUT2D eigenvalue weighted by molar-refractivity contribution is 0.0697. The van der Waals surface area contributed by atoms with Gasteiger partial charge < -0.3 is 5.11 Å². The number of benzene rings is 1. The Bertz CT molecular complexity index is 589. The van der Waals surface area contributed by atoms with E-state index < -0.39 is 16.0 Å². The molecule has 1 fully saturated rings. The Kier molecular flexibility index (Phi) is 3.80. The minimum atomic E-state index is -3.37. The highest BCUT2D eigenvalue weighted by Crippen LogP contribution is 2.27. The molecule has 104 valence electrons. The molecule has 0 bridgehead atoms. The first-order chi connectivity index (χ1) is 8.90. The molecule has 2 N–H and O–H groups in total. The van der Waals surface area contributed by atoms with E-state index in [9.17, 15) is 13.2 Å². The van der Waals surface area contributed by atoms with Gasteiger partial charge in [0.1, 0.15) is 0 Å². The van der Waals surface area contributed by atoms with Crippen LogP contribution in [0.15, 0.2) is 18.2 Å². The van der Waals surface area contributed by atoms with E-state index in [1.54, 1.807) is 6.92 Å². The third-order valence-corrected chi connectivity index (χ3v) is 5.32. The van der Waals surface area contributed by atoms with E-state index in [-0.39, 0.29) is 10.8 Å². The molecule has 0 unspecified atom stereocenters. The fraction of sp³-hybridized carbons (Fsp3) is 0.462. The molecule has 0 aliphatic heterocycles. The first-order valence-corrected chi connectivity index (χ1v) is 7.80. The maximum Gasteiger partial charge on any atom is 0.335 e. The van der Waals surface area contributed by atoms with E-state index >= 15 is 0 Å². The molecule has 1 aliphatic carbocycles. The number of nitrogens with one attached hydrogen (secondary N) is 1. The smallest absolute Gasteiger partial charge is 0.335 e. The van der Waals surface area contributed by atoms with Crippen LogP contribution < -0.4 is 4.72 Å². The second-order valence-corrected chi connectivity index (χ2v) is 6.85. The van der Waals surface area contributed by atoms with Crippen molar-refractivity contribution in [1.82, 2.24) is 0 Å². The van der Waals surface area contributed by atoms with Crippen molar-refractivity contribution in [3.63, 3.8) is 0 Å². The minimum Gasteiger partial charge on any atom is -0.478 e. The van der Waals surface area contributed by atoms with Crippen LogP contribution in [0.5, 0.6) is 0 Å². The zero-order valence-corrected chi connectivity index (χ0v) is 11.5. The predicted octanol–water partition coefficient (Wildman–Crippen LogP) is 2.38. The van der Waals surface area contributed by atoms with E-state index in [1.165, 1.54) is 18.2 Å². The van der Waals surface area contributed by atoms with Crippen molar-refractivity contribution in [3.05, 3.63) is 29.3 Å². The van der Waals surface area contributed by atoms with Crippen molar-refractivity contribution in [2.24, 2.45) is 0 Å². The second-order valence-electron chi connectivity index (χ2n) is 4.89. The molecule has 6 heteroatoms. The largest absolute Gasteiger partial charge is 0.478 e. The Morgan fingerprint density at radius 2 is 1.95 bits per heavy atom. The van der Waals surface area contributed by atoms with Gasteiger partial charge in [0.25, 0.3) is 0 Å². The zero-order valence-electron chi connectivity index (χ0n) is 10.7. The predicted molar refractivity (Wildman–Crippen MR) is 72.9 cm³/mol. The van der Waals surface area contributed by atoms with E-state index in [0.29, 0.717) is 24.1 Å². The molecule has 0 amide bonds. The maximum atomic E-state index is 12.1. The summed E-state index contributed by atoms with van der Waals surface area (Å²) < 4.78 is 26.9. The molecule has 0 aromatic heterocycles. The summed E-state index contributed by atoms with van der Waals surface area (Å²) in [4.78, 5) is 10.8. The van der Waals surface area contributed by atoms with Gasteiger partial charge in [-0.2, -0.15) is 0 Å². The van der Waals surface area contributed by atoms with Gasteiger partial charge in [-0.3, -0.25) is 4.72 Å². The highest BCUT2D eigenvalue weighted by molar-refractivity contribution is 7.93. The summed E-state index contributed by atoms with van der Waals surface area (Å²) in [6.07, 6.45) is 3.29. The summed E-state index contributed by atoms with van der Waals surface area (Å²) in [5.41, 5.74) is 1.22. The fourth-order valence-corrected chi connectivity index (χ4v) is 4.00. The topological polar surface area (TPSA) is 83.5 Å². The summed E-state index contributed by atoms with van der Waals surface area (Å²) in [6, 6.07) is 4.38. The van der Waals surface area contributed by atoms with E-state index in [4.69, 9.17) is 5.11 Å². The summed E-state index contributed by atoms with van der Waals surface area (Å²) in [6.45, 7) is 1.69. The number of rotatable bonds is 4. The van der Waals surface area contributed by atoms with Gasteiger partial charge >= 0.3 is 5.97 Å². The Balaban J connectivity index is 2.21. The van der Waals surface area contributed by atoms with Crippen LogP contribution in [0.3, 0.4) is 0 Å². The quantitative estimate of drug-likeness (QED) is 0.888. The number of hydrogen-bond acceptors (Lipinski definition) is 3. The van der Waals surface area contributed by atoms with Gasteiger partial charge in [0, 0.05) is 0 Å². The van der Waals surface area contributed by atoms with Gasteiger partial charge in [-0.15, -0.1) is 0 Å². The Morgan fingerprint density at radius 3 is 2.47 bits per heavy atom. The number of aromatic carboxylic acids is 1. The lowest BCUT2D eigenvalue weighted by Gasteiger charge is -2.15. The van der Waals surface area contributed by atoms with Crippen molar-refractivity contribution in [2.45, 2.75) is 37.9 Å². The minimum absolute atomic E-state index is 0.154. The van der Waals surface area contributed by atoms with Crippen LogP contribution in [0.25, 0.3) is 0 Å². The summed E-state index contributed by atoms with van der Waals surface area (Å²) in [7, 11) is -3.37.